The van der Waals surface area contributed by atoms with Gasteiger partial charge in [0.25, 0.3) is 0 Å². The molecule has 2 rings (SSSR count). The number of aliphatic imine (C=N–C) groups is 1. The summed E-state index contributed by atoms with van der Waals surface area (Å²) in [5, 5.41) is 9.38. The molecule has 11 heavy (non-hydrogen) atoms. The third kappa shape index (κ3) is 1.00. The minimum atomic E-state index is 0.374. The summed E-state index contributed by atoms with van der Waals surface area (Å²) in [5.41, 5.74) is 1.89. The molecule has 1 aliphatic rings. The maximum absolute atomic E-state index is 9.38. The van der Waals surface area contributed by atoms with Gasteiger partial charge in [0.15, 0.2) is 0 Å². The van der Waals surface area contributed by atoms with Crippen LogP contribution < -0.4 is 0 Å². The Balaban J connectivity index is 2.60. The molecule has 2 heteroatoms. The van der Waals surface area contributed by atoms with Gasteiger partial charge in [-0.15, -0.1) is 0 Å². The zero-order valence-electron chi connectivity index (χ0n) is 6.12. The van der Waals surface area contributed by atoms with Crippen LogP contribution in [-0.4, -0.2) is 11.3 Å². The zero-order valence-corrected chi connectivity index (χ0v) is 6.12. The quantitative estimate of drug-likeness (QED) is 0.598. The summed E-state index contributed by atoms with van der Waals surface area (Å²) in [5.74, 6) is 0.374. The largest absolute Gasteiger partial charge is 0.508 e. The molecule has 0 bridgehead atoms. The molecule has 0 amide bonds. The summed E-state index contributed by atoms with van der Waals surface area (Å²) >= 11 is 0. The van der Waals surface area contributed by atoms with E-state index in [4.69, 9.17) is 0 Å². The van der Waals surface area contributed by atoms with Crippen LogP contribution in [0.5, 0.6) is 5.75 Å². The molecule has 0 aliphatic carbocycles. The summed E-state index contributed by atoms with van der Waals surface area (Å²) in [4.78, 5) is 4.17. The highest BCUT2D eigenvalue weighted by Crippen LogP contribution is 2.30. The van der Waals surface area contributed by atoms with Gasteiger partial charge in [0.1, 0.15) is 5.75 Å². The van der Waals surface area contributed by atoms with Crippen molar-refractivity contribution >= 4 is 11.9 Å². The fourth-order valence-corrected chi connectivity index (χ4v) is 1.31. The van der Waals surface area contributed by atoms with Gasteiger partial charge in [0.2, 0.25) is 0 Å². The fraction of sp³-hybridized carbons (Fsp3) is 0.222. The van der Waals surface area contributed by atoms with Crippen molar-refractivity contribution in [1.82, 2.24) is 0 Å². The van der Waals surface area contributed by atoms with Gasteiger partial charge < -0.3 is 5.11 Å². The second-order valence-electron chi connectivity index (χ2n) is 2.63. The van der Waals surface area contributed by atoms with Crippen molar-refractivity contribution in [3.05, 3.63) is 23.8 Å². The number of hydrogen-bond acceptors (Lipinski definition) is 2. The van der Waals surface area contributed by atoms with Crippen molar-refractivity contribution < 1.29 is 5.11 Å². The van der Waals surface area contributed by atoms with Gasteiger partial charge in [-0.2, -0.15) is 0 Å². The average molecular weight is 147 g/mol. The maximum Gasteiger partial charge on any atom is 0.120 e. The molecule has 0 saturated heterocycles. The first kappa shape index (κ1) is 6.40. The summed E-state index contributed by atoms with van der Waals surface area (Å²) < 4.78 is 0. The Labute approximate surface area is 65.2 Å². The highest BCUT2D eigenvalue weighted by molar-refractivity contribution is 5.70. The van der Waals surface area contributed by atoms with E-state index in [1.54, 1.807) is 6.07 Å². The van der Waals surface area contributed by atoms with Crippen LogP contribution in [0.1, 0.15) is 12.0 Å². The van der Waals surface area contributed by atoms with Crippen LogP contribution in [0, 0.1) is 0 Å². The van der Waals surface area contributed by atoms with E-state index in [9.17, 15) is 5.11 Å². The van der Waals surface area contributed by atoms with E-state index < -0.39 is 0 Å². The van der Waals surface area contributed by atoms with E-state index in [-0.39, 0.29) is 0 Å². The van der Waals surface area contributed by atoms with Crippen molar-refractivity contribution in [2.45, 2.75) is 12.8 Å². The molecule has 0 aromatic heterocycles. The van der Waals surface area contributed by atoms with Crippen LogP contribution in [-0.2, 0) is 6.42 Å². The smallest absolute Gasteiger partial charge is 0.120 e. The van der Waals surface area contributed by atoms with Crippen molar-refractivity contribution in [2.24, 2.45) is 4.99 Å². The topological polar surface area (TPSA) is 32.6 Å². The van der Waals surface area contributed by atoms with Crippen molar-refractivity contribution in [1.29, 1.82) is 0 Å². The van der Waals surface area contributed by atoms with Gasteiger partial charge >= 0.3 is 0 Å². The predicted octanol–water partition coefficient (Wildman–Crippen LogP) is 2.04. The number of hydrogen-bond donors (Lipinski definition) is 1. The SMILES string of the molecule is Oc1cccc2c1CCC=N2. The van der Waals surface area contributed by atoms with Crippen molar-refractivity contribution in [3.63, 3.8) is 0 Å². The van der Waals surface area contributed by atoms with Crippen LogP contribution >= 0.6 is 0 Å². The van der Waals surface area contributed by atoms with E-state index in [0.717, 1.165) is 24.1 Å². The molecule has 0 unspecified atom stereocenters. The van der Waals surface area contributed by atoms with E-state index in [1.807, 2.05) is 18.3 Å². The number of phenols is 1. The molecule has 0 radical (unpaired) electrons. The highest BCUT2D eigenvalue weighted by atomic mass is 16.3. The molecule has 1 aromatic rings. The number of benzene rings is 1. The van der Waals surface area contributed by atoms with Crippen LogP contribution in [0.4, 0.5) is 5.69 Å². The van der Waals surface area contributed by atoms with E-state index in [0.29, 0.717) is 5.75 Å². The van der Waals surface area contributed by atoms with E-state index >= 15 is 0 Å². The van der Waals surface area contributed by atoms with Crippen molar-refractivity contribution in [2.75, 3.05) is 0 Å². The summed E-state index contributed by atoms with van der Waals surface area (Å²) in [7, 11) is 0. The molecule has 1 aromatic carbocycles. The van der Waals surface area contributed by atoms with Crippen LogP contribution in [0.15, 0.2) is 23.2 Å². The van der Waals surface area contributed by atoms with E-state index in [1.165, 1.54) is 0 Å². The Morgan fingerprint density at radius 2 is 2.27 bits per heavy atom. The molecule has 0 atom stereocenters. The van der Waals surface area contributed by atoms with E-state index in [2.05, 4.69) is 4.99 Å². The first-order chi connectivity index (χ1) is 5.38. The molecule has 0 fully saturated rings. The molecule has 0 spiro atoms. The third-order valence-electron chi connectivity index (χ3n) is 1.88. The lowest BCUT2D eigenvalue weighted by Gasteiger charge is -2.09. The van der Waals surface area contributed by atoms with Gasteiger partial charge in [-0.3, -0.25) is 4.99 Å². The zero-order chi connectivity index (χ0) is 7.68. The minimum absolute atomic E-state index is 0.374. The lowest BCUT2D eigenvalue weighted by molar-refractivity contribution is 0.468. The molecule has 0 saturated carbocycles. The molecule has 1 heterocycles. The summed E-state index contributed by atoms with van der Waals surface area (Å²) in [6.07, 6.45) is 3.73. The lowest BCUT2D eigenvalue weighted by Crippen LogP contribution is -1.93. The fourth-order valence-electron chi connectivity index (χ4n) is 1.31. The number of nitrogens with zero attached hydrogens (tertiary/aromatic N) is 1. The Hall–Kier alpha value is -1.31. The number of fused-ring (bicyclic) bond motifs is 1. The molecule has 56 valence electrons. The molecular weight excluding hydrogens is 138 g/mol. The second-order valence-corrected chi connectivity index (χ2v) is 2.63. The first-order valence-corrected chi connectivity index (χ1v) is 3.71. The van der Waals surface area contributed by atoms with Gasteiger partial charge in [0, 0.05) is 11.8 Å². The highest BCUT2D eigenvalue weighted by Gasteiger charge is 2.08. The van der Waals surface area contributed by atoms with Crippen LogP contribution in [0.2, 0.25) is 0 Å². The summed E-state index contributed by atoms with van der Waals surface area (Å²) in [6.45, 7) is 0. The van der Waals surface area contributed by atoms with Gasteiger partial charge in [-0.25, -0.2) is 0 Å². The molecular formula is C9H9NO. The van der Waals surface area contributed by atoms with Gasteiger partial charge in [-0.1, -0.05) is 6.07 Å². The standard InChI is InChI=1S/C9H9NO/c11-9-5-1-4-8-7(9)3-2-6-10-8/h1,4-6,11H,2-3H2. The maximum atomic E-state index is 9.38. The monoisotopic (exact) mass is 147 g/mol. The van der Waals surface area contributed by atoms with Crippen LogP contribution in [0.3, 0.4) is 0 Å². The van der Waals surface area contributed by atoms with Crippen LogP contribution in [0.25, 0.3) is 0 Å². The average Bonchev–Trinajstić information content (AvgIpc) is 2.06. The Morgan fingerprint density at radius 3 is 3.09 bits per heavy atom. The molecule has 2 nitrogen and oxygen atoms in total. The normalized spacial score (nSPS) is 14.5. The number of phenolic OH excluding ortho intramolecular Hbond substituents is 1. The summed E-state index contributed by atoms with van der Waals surface area (Å²) in [6, 6.07) is 5.45. The van der Waals surface area contributed by atoms with Gasteiger partial charge in [-0.05, 0) is 25.0 Å². The number of aromatic hydroxyl groups is 1. The third-order valence-corrected chi connectivity index (χ3v) is 1.88. The Morgan fingerprint density at radius 1 is 1.36 bits per heavy atom. The lowest BCUT2D eigenvalue weighted by atomic mass is 10.0. The predicted molar refractivity (Wildman–Crippen MR) is 44.6 cm³/mol. The Kier molecular flexibility index (Phi) is 1.39. The van der Waals surface area contributed by atoms with Gasteiger partial charge in [0.05, 0.1) is 5.69 Å². The molecule has 1 N–H and O–H groups in total. The molecule has 1 aliphatic heterocycles. The van der Waals surface area contributed by atoms with Crippen molar-refractivity contribution in [3.8, 4) is 5.75 Å². The number of rotatable bonds is 0. The Bertz CT molecular complexity index is 304. The minimum Gasteiger partial charge on any atom is -0.508 e. The first-order valence-electron chi connectivity index (χ1n) is 3.71. The second kappa shape index (κ2) is 2.38.